The van der Waals surface area contributed by atoms with E-state index in [4.69, 9.17) is 9.97 Å². The molecule has 19 aromatic carbocycles. The maximum atomic E-state index is 5.74. The van der Waals surface area contributed by atoms with Gasteiger partial charge in [0.05, 0.1) is 66.2 Å². The van der Waals surface area contributed by atoms with Crippen LogP contribution in [0.1, 0.15) is 44.5 Å². The van der Waals surface area contributed by atoms with E-state index in [1.54, 1.807) is 0 Å². The maximum absolute atomic E-state index is 5.74. The molecule has 0 amide bonds. The summed E-state index contributed by atoms with van der Waals surface area (Å²) in [7, 11) is 0. The largest absolute Gasteiger partial charge is 0.309 e. The molecule has 0 saturated carbocycles. The van der Waals surface area contributed by atoms with Gasteiger partial charge in [-0.1, -0.05) is 322 Å². The molecule has 0 spiro atoms. The Morgan fingerprint density at radius 1 is 0.180 bits per heavy atom. The maximum Gasteiger partial charge on any atom is 0.235 e. The first kappa shape index (κ1) is 68.1. The number of nitrogens with zero attached hydrogens (tertiary/aromatic N) is 6. The standard InChI is InChI=1S/C116H72N6/c1-6-28-73(29-7-1)112-95-58-50-78-66-83(119-104-46-24-18-40-91(104)96-67-74(51-62-108(96)119)75-52-63-109-97(68-75)92-41-19-25-47-105(92)120(109)84-56-60-89-87-38-16-22-44-100(87)115(102(89)71-84,79-30-8-2-9-31-79)80-32-10-3-11-33-80)55-59-86(78)113(95)118-114(117-112)122-107-49-27-21-43-94(107)99-70-77(54-65-111(99)122)76-53-64-110-98(69-76)93-42-20-26-48-106(93)121(110)85-57-61-90-88-39-17-23-45-101(88)116(103(90)72-85,81-34-12-4-13-35-81)82-36-14-5-15-37-82/h1-72H. The van der Waals surface area contributed by atoms with Crippen LogP contribution in [0.3, 0.4) is 0 Å². The second-order valence-corrected chi connectivity index (χ2v) is 33.0. The van der Waals surface area contributed by atoms with E-state index in [2.05, 4.69) is 455 Å². The fourth-order valence-electron chi connectivity index (χ4n) is 21.8. The number of benzene rings is 19. The zero-order valence-electron chi connectivity index (χ0n) is 66.3. The van der Waals surface area contributed by atoms with Crippen molar-refractivity contribution in [2.45, 2.75) is 10.8 Å². The summed E-state index contributed by atoms with van der Waals surface area (Å²) < 4.78 is 9.67. The number of rotatable bonds is 11. The Morgan fingerprint density at radius 3 is 0.902 bits per heavy atom. The molecule has 2 aliphatic rings. The smallest absolute Gasteiger partial charge is 0.235 e. The normalized spacial score (nSPS) is 13.2. The van der Waals surface area contributed by atoms with E-state index >= 15 is 0 Å². The molecule has 5 aromatic heterocycles. The van der Waals surface area contributed by atoms with Crippen LogP contribution in [0.2, 0.25) is 0 Å². The summed E-state index contributed by atoms with van der Waals surface area (Å²) in [5, 5.41) is 12.6. The number of fused-ring (bicyclic) bond motifs is 21. The summed E-state index contributed by atoms with van der Waals surface area (Å²) in [5.41, 5.74) is 34.0. The van der Waals surface area contributed by atoms with E-state index in [0.717, 1.165) is 111 Å². The van der Waals surface area contributed by atoms with Gasteiger partial charge in [0.2, 0.25) is 5.95 Å². The summed E-state index contributed by atoms with van der Waals surface area (Å²) in [4.78, 5) is 11.4. The molecule has 2 aliphatic carbocycles. The van der Waals surface area contributed by atoms with Crippen molar-refractivity contribution in [2.75, 3.05) is 0 Å². The van der Waals surface area contributed by atoms with Gasteiger partial charge in [-0.25, -0.2) is 9.97 Å². The van der Waals surface area contributed by atoms with Crippen molar-refractivity contribution in [2.24, 2.45) is 0 Å². The van der Waals surface area contributed by atoms with Crippen LogP contribution in [0.4, 0.5) is 0 Å². The lowest BCUT2D eigenvalue weighted by molar-refractivity contribution is 0.767. The van der Waals surface area contributed by atoms with Crippen LogP contribution in [-0.2, 0) is 10.8 Å². The van der Waals surface area contributed by atoms with E-state index < -0.39 is 10.8 Å². The highest BCUT2D eigenvalue weighted by molar-refractivity contribution is 6.17. The third-order valence-electron chi connectivity index (χ3n) is 26.9. The van der Waals surface area contributed by atoms with Gasteiger partial charge in [-0.15, -0.1) is 0 Å². The van der Waals surface area contributed by atoms with Crippen LogP contribution in [-0.4, -0.2) is 28.2 Å². The summed E-state index contributed by atoms with van der Waals surface area (Å²) in [6, 6.07) is 162. The van der Waals surface area contributed by atoms with Crippen LogP contribution in [0.25, 0.3) is 188 Å². The molecule has 566 valence electrons. The van der Waals surface area contributed by atoms with Crippen LogP contribution in [0, 0.1) is 0 Å². The van der Waals surface area contributed by atoms with Crippen molar-refractivity contribution in [3.05, 3.63) is 481 Å². The molecule has 5 heterocycles. The second-order valence-electron chi connectivity index (χ2n) is 33.0. The Labute approximate surface area is 703 Å². The van der Waals surface area contributed by atoms with Crippen molar-refractivity contribution in [1.82, 2.24) is 28.2 Å². The SMILES string of the molecule is c1ccc(-c2nc(-n3c4ccccc4c4cc(-c5ccc6c(c5)c5ccccc5n6-c5ccc6c(c5)C(c5ccccc5)(c5ccccc5)c5ccccc5-6)ccc43)nc3c2ccc2cc(-n4c5ccccc5c5cc(-c6ccc7c(c6)c6ccccc6n7-c6ccc7c(c6)C(c6ccccc6)(c6ccccc6)c6ccccc6-7)ccc54)ccc23)cc1. The van der Waals surface area contributed by atoms with Crippen molar-refractivity contribution in [1.29, 1.82) is 0 Å². The lowest BCUT2D eigenvalue weighted by Crippen LogP contribution is -2.28. The highest BCUT2D eigenvalue weighted by Crippen LogP contribution is 2.59. The van der Waals surface area contributed by atoms with E-state index in [9.17, 15) is 0 Å². The van der Waals surface area contributed by atoms with Crippen molar-refractivity contribution in [3.8, 4) is 78.8 Å². The molecule has 0 atom stereocenters. The van der Waals surface area contributed by atoms with Crippen molar-refractivity contribution >= 4 is 109 Å². The first-order valence-corrected chi connectivity index (χ1v) is 42.2. The van der Waals surface area contributed by atoms with E-state index in [0.29, 0.717) is 5.95 Å². The Bertz CT molecular complexity index is 8420. The van der Waals surface area contributed by atoms with Crippen LogP contribution in [0.15, 0.2) is 437 Å². The van der Waals surface area contributed by atoms with Gasteiger partial charge in [0.15, 0.2) is 0 Å². The zero-order valence-corrected chi connectivity index (χ0v) is 66.3. The summed E-state index contributed by atoms with van der Waals surface area (Å²) in [5.74, 6) is 0.615. The molecule has 0 N–H and O–H groups in total. The molecule has 0 aliphatic heterocycles. The number of para-hydroxylation sites is 4. The number of aromatic nitrogens is 6. The third kappa shape index (κ3) is 9.65. The topological polar surface area (TPSA) is 45.5 Å². The number of hydrogen-bond acceptors (Lipinski definition) is 2. The van der Waals surface area contributed by atoms with Gasteiger partial charge >= 0.3 is 0 Å². The van der Waals surface area contributed by atoms with Gasteiger partial charge < -0.3 is 13.7 Å². The molecule has 0 unspecified atom stereocenters. The fourth-order valence-corrected chi connectivity index (χ4v) is 21.8. The predicted octanol–water partition coefficient (Wildman–Crippen LogP) is 28.9. The predicted molar refractivity (Wildman–Crippen MR) is 505 cm³/mol. The Kier molecular flexibility index (Phi) is 14.6. The highest BCUT2D eigenvalue weighted by atomic mass is 15.2. The first-order valence-electron chi connectivity index (χ1n) is 42.2. The molecule has 26 rings (SSSR count). The molecule has 0 fully saturated rings. The highest BCUT2D eigenvalue weighted by Gasteiger charge is 2.48. The minimum absolute atomic E-state index is 0.516. The van der Waals surface area contributed by atoms with E-state index in [1.807, 2.05) is 0 Å². The fraction of sp³-hybridized carbons (Fsp3) is 0.0172. The minimum Gasteiger partial charge on any atom is -0.309 e. The second kappa shape index (κ2) is 26.2. The number of hydrogen-bond donors (Lipinski definition) is 0. The zero-order chi connectivity index (χ0) is 79.9. The molecule has 122 heavy (non-hydrogen) atoms. The average molecular weight is 1550 g/mol. The van der Waals surface area contributed by atoms with Gasteiger partial charge in [0.1, 0.15) is 0 Å². The van der Waals surface area contributed by atoms with E-state index in [1.165, 1.54) is 116 Å². The van der Waals surface area contributed by atoms with Crippen molar-refractivity contribution in [3.63, 3.8) is 0 Å². The van der Waals surface area contributed by atoms with Crippen LogP contribution in [0.5, 0.6) is 0 Å². The molecule has 6 nitrogen and oxygen atoms in total. The molecule has 24 aromatic rings. The van der Waals surface area contributed by atoms with Gasteiger partial charge in [0, 0.05) is 76.5 Å². The monoisotopic (exact) mass is 1550 g/mol. The molecule has 0 bridgehead atoms. The van der Waals surface area contributed by atoms with Crippen LogP contribution >= 0.6 is 0 Å². The van der Waals surface area contributed by atoms with Gasteiger partial charge in [0.25, 0.3) is 0 Å². The lowest BCUT2D eigenvalue weighted by atomic mass is 9.67. The van der Waals surface area contributed by atoms with Crippen molar-refractivity contribution < 1.29 is 0 Å². The minimum atomic E-state index is -0.523. The van der Waals surface area contributed by atoms with Crippen LogP contribution < -0.4 is 0 Å². The molecule has 0 saturated heterocycles. The van der Waals surface area contributed by atoms with Gasteiger partial charge in [-0.2, -0.15) is 0 Å². The van der Waals surface area contributed by atoms with Gasteiger partial charge in [-0.3, -0.25) is 4.57 Å². The molecular formula is C116H72N6. The van der Waals surface area contributed by atoms with Gasteiger partial charge in [-0.05, 0) is 210 Å². The summed E-state index contributed by atoms with van der Waals surface area (Å²) >= 11 is 0. The average Bonchev–Trinajstić information content (AvgIpc) is 1.53. The Hall–Kier alpha value is -16.0. The first-order chi connectivity index (χ1) is 60.5. The molecular weight excluding hydrogens is 1480 g/mol. The summed E-state index contributed by atoms with van der Waals surface area (Å²) in [6.45, 7) is 0. The Balaban J connectivity index is 0.570. The third-order valence-corrected chi connectivity index (χ3v) is 26.9. The molecule has 0 radical (unpaired) electrons. The summed E-state index contributed by atoms with van der Waals surface area (Å²) in [6.07, 6.45) is 0. The van der Waals surface area contributed by atoms with E-state index in [-0.39, 0.29) is 0 Å². The Morgan fingerprint density at radius 2 is 0.492 bits per heavy atom. The quantitative estimate of drug-likeness (QED) is 0.121. The molecule has 6 heteroatoms. The lowest BCUT2D eigenvalue weighted by Gasteiger charge is -2.34.